The fourth-order valence-corrected chi connectivity index (χ4v) is 2.57. The summed E-state index contributed by atoms with van der Waals surface area (Å²) in [6, 6.07) is 11.9. The summed E-state index contributed by atoms with van der Waals surface area (Å²) in [4.78, 5) is 12.5. The number of carbonyl (C=O) groups excluding carboxylic acids is 1. The van der Waals surface area contributed by atoms with Gasteiger partial charge in [0, 0.05) is 5.56 Å². The van der Waals surface area contributed by atoms with E-state index >= 15 is 0 Å². The zero-order valence-electron chi connectivity index (χ0n) is 14.3. The molecule has 1 heterocycles. The average molecular weight is 372 g/mol. The predicted molar refractivity (Wildman–Crippen MR) is 94.7 cm³/mol. The van der Waals surface area contributed by atoms with Crippen LogP contribution in [-0.2, 0) is 0 Å². The number of aromatic nitrogens is 2. The summed E-state index contributed by atoms with van der Waals surface area (Å²) in [6.07, 6.45) is 4.09. The molecule has 0 bridgehead atoms. The maximum atomic E-state index is 13.1. The highest BCUT2D eigenvalue weighted by atomic mass is 19.3. The molecular formula is C20H15F3N2O2. The van der Waals surface area contributed by atoms with Crippen molar-refractivity contribution in [2.45, 2.75) is 13.5 Å². The zero-order valence-corrected chi connectivity index (χ0v) is 14.3. The Morgan fingerprint density at radius 3 is 2.56 bits per heavy atom. The number of hydrogen-bond acceptors (Lipinski definition) is 3. The molecule has 0 saturated heterocycles. The van der Waals surface area contributed by atoms with Gasteiger partial charge in [-0.25, -0.2) is 9.07 Å². The Hall–Kier alpha value is -3.35. The first-order valence-electron chi connectivity index (χ1n) is 8.02. The Labute approximate surface area is 153 Å². The van der Waals surface area contributed by atoms with E-state index in [4.69, 9.17) is 0 Å². The Bertz CT molecular complexity index is 979. The molecular weight excluding hydrogens is 357 g/mol. The van der Waals surface area contributed by atoms with Gasteiger partial charge >= 0.3 is 6.61 Å². The number of nitrogens with zero attached hydrogens (tertiary/aromatic N) is 2. The fraction of sp³-hybridized carbons (Fsp3) is 0.100. The third-order valence-electron chi connectivity index (χ3n) is 3.90. The maximum absolute atomic E-state index is 13.1. The summed E-state index contributed by atoms with van der Waals surface area (Å²) in [5, 5.41) is 4.16. The Kier molecular flexibility index (Phi) is 5.40. The van der Waals surface area contributed by atoms with Crippen molar-refractivity contribution >= 4 is 11.9 Å². The van der Waals surface area contributed by atoms with Crippen molar-refractivity contribution in [2.24, 2.45) is 0 Å². The first-order valence-corrected chi connectivity index (χ1v) is 8.02. The maximum Gasteiger partial charge on any atom is 0.387 e. The van der Waals surface area contributed by atoms with E-state index < -0.39 is 6.61 Å². The summed E-state index contributed by atoms with van der Waals surface area (Å²) >= 11 is 0. The highest BCUT2D eigenvalue weighted by molar-refractivity contribution is 6.07. The number of hydrogen-bond donors (Lipinski definition) is 0. The van der Waals surface area contributed by atoms with E-state index in [2.05, 4.69) is 9.84 Å². The van der Waals surface area contributed by atoms with Crippen LogP contribution in [-0.4, -0.2) is 22.2 Å². The summed E-state index contributed by atoms with van der Waals surface area (Å²) < 4.78 is 43.9. The minimum atomic E-state index is -2.95. The molecule has 0 amide bonds. The normalized spacial score (nSPS) is 11.3. The first kappa shape index (κ1) is 18.4. The smallest absolute Gasteiger partial charge is 0.387 e. The number of ketones is 1. The lowest BCUT2D eigenvalue weighted by Crippen LogP contribution is -2.03. The summed E-state index contributed by atoms with van der Waals surface area (Å²) in [7, 11) is 0. The first-order chi connectivity index (χ1) is 13.0. The second-order valence-corrected chi connectivity index (χ2v) is 5.65. The molecule has 0 N–H and O–H groups in total. The molecule has 4 nitrogen and oxygen atoms in total. The van der Waals surface area contributed by atoms with Crippen LogP contribution in [0.3, 0.4) is 0 Å². The van der Waals surface area contributed by atoms with Crippen molar-refractivity contribution in [3.63, 3.8) is 0 Å². The van der Waals surface area contributed by atoms with Crippen LogP contribution in [0.15, 0.2) is 60.8 Å². The minimum absolute atomic E-state index is 0.0183. The van der Waals surface area contributed by atoms with Gasteiger partial charge in [-0.05, 0) is 49.4 Å². The summed E-state index contributed by atoms with van der Waals surface area (Å²) in [5.74, 6) is -0.726. The Balaban J connectivity index is 1.83. The number of carbonyl (C=O) groups is 1. The molecule has 0 aliphatic rings. The van der Waals surface area contributed by atoms with E-state index in [1.54, 1.807) is 37.3 Å². The molecule has 7 heteroatoms. The highest BCUT2D eigenvalue weighted by Gasteiger charge is 2.14. The van der Waals surface area contributed by atoms with Gasteiger partial charge in [0.1, 0.15) is 11.6 Å². The minimum Gasteiger partial charge on any atom is -0.434 e. The molecule has 1 aromatic heterocycles. The molecule has 0 fully saturated rings. The predicted octanol–water partition coefficient (Wildman–Crippen LogP) is 4.82. The van der Waals surface area contributed by atoms with Gasteiger partial charge in [-0.15, -0.1) is 0 Å². The third-order valence-corrected chi connectivity index (χ3v) is 3.90. The van der Waals surface area contributed by atoms with Crippen molar-refractivity contribution in [1.29, 1.82) is 0 Å². The van der Waals surface area contributed by atoms with Gasteiger partial charge in [-0.1, -0.05) is 18.2 Å². The van der Waals surface area contributed by atoms with Crippen LogP contribution in [0, 0.1) is 12.7 Å². The van der Waals surface area contributed by atoms with E-state index in [0.717, 1.165) is 0 Å². The van der Waals surface area contributed by atoms with Crippen molar-refractivity contribution in [3.8, 4) is 11.4 Å². The van der Waals surface area contributed by atoms with Crippen molar-refractivity contribution in [2.75, 3.05) is 0 Å². The number of rotatable bonds is 6. The SMILES string of the molecule is Cc1c(C(=O)/C=C/c2ccccc2OC(F)F)cnn1-c1ccc(F)cc1. The molecule has 0 aliphatic carbocycles. The molecule has 0 atom stereocenters. The lowest BCUT2D eigenvalue weighted by molar-refractivity contribution is -0.0499. The molecule has 0 radical (unpaired) electrons. The lowest BCUT2D eigenvalue weighted by Gasteiger charge is -2.07. The van der Waals surface area contributed by atoms with Crippen molar-refractivity contribution in [3.05, 3.63) is 83.4 Å². The number of para-hydroxylation sites is 1. The van der Waals surface area contributed by atoms with Crippen LogP contribution >= 0.6 is 0 Å². The molecule has 2 aromatic carbocycles. The van der Waals surface area contributed by atoms with Crippen LogP contribution in [0.5, 0.6) is 5.75 Å². The molecule has 0 unspecified atom stereocenters. The second-order valence-electron chi connectivity index (χ2n) is 5.65. The van der Waals surface area contributed by atoms with Gasteiger partial charge in [0.15, 0.2) is 5.78 Å². The van der Waals surface area contributed by atoms with Crippen molar-refractivity contribution < 1.29 is 22.7 Å². The fourth-order valence-electron chi connectivity index (χ4n) is 2.57. The Morgan fingerprint density at radius 2 is 1.85 bits per heavy atom. The van der Waals surface area contributed by atoms with Crippen LogP contribution in [0.25, 0.3) is 11.8 Å². The second kappa shape index (κ2) is 7.90. The van der Waals surface area contributed by atoms with E-state index in [1.807, 2.05) is 0 Å². The zero-order chi connectivity index (χ0) is 19.4. The van der Waals surface area contributed by atoms with Gasteiger partial charge in [0.05, 0.1) is 23.1 Å². The van der Waals surface area contributed by atoms with Crippen LogP contribution < -0.4 is 4.74 Å². The standard InChI is InChI=1S/C20H15F3N2O2/c1-13-17(12-24-25(13)16-9-7-15(21)8-10-16)18(26)11-6-14-4-2-3-5-19(14)27-20(22)23/h2-12,20H,1H3/b11-6+. The van der Waals surface area contributed by atoms with Gasteiger partial charge in [-0.3, -0.25) is 4.79 Å². The van der Waals surface area contributed by atoms with Crippen LogP contribution in [0.4, 0.5) is 13.2 Å². The monoisotopic (exact) mass is 372 g/mol. The van der Waals surface area contributed by atoms with Crippen molar-refractivity contribution in [1.82, 2.24) is 9.78 Å². The van der Waals surface area contributed by atoms with E-state index in [-0.39, 0.29) is 17.3 Å². The van der Waals surface area contributed by atoms with E-state index in [1.165, 1.54) is 41.2 Å². The topological polar surface area (TPSA) is 44.1 Å². The third kappa shape index (κ3) is 4.25. The van der Waals surface area contributed by atoms with E-state index in [9.17, 15) is 18.0 Å². The molecule has 27 heavy (non-hydrogen) atoms. The number of ether oxygens (including phenoxy) is 1. The number of halogens is 3. The van der Waals surface area contributed by atoms with E-state index in [0.29, 0.717) is 22.5 Å². The van der Waals surface area contributed by atoms with Crippen LogP contribution in [0.2, 0.25) is 0 Å². The van der Waals surface area contributed by atoms with Gasteiger partial charge < -0.3 is 4.74 Å². The molecule has 0 spiro atoms. The van der Waals surface area contributed by atoms with Gasteiger partial charge in [-0.2, -0.15) is 13.9 Å². The molecule has 3 aromatic rings. The highest BCUT2D eigenvalue weighted by Crippen LogP contribution is 2.22. The number of allylic oxidation sites excluding steroid dienone is 1. The van der Waals surface area contributed by atoms with Crippen LogP contribution in [0.1, 0.15) is 21.6 Å². The summed E-state index contributed by atoms with van der Waals surface area (Å²) in [5.41, 5.74) is 1.90. The quantitative estimate of drug-likeness (QED) is 0.460. The lowest BCUT2D eigenvalue weighted by atomic mass is 10.1. The van der Waals surface area contributed by atoms with Gasteiger partial charge in [0.25, 0.3) is 0 Å². The average Bonchev–Trinajstić information content (AvgIpc) is 3.02. The number of alkyl halides is 2. The van der Waals surface area contributed by atoms with Gasteiger partial charge in [0.2, 0.25) is 0 Å². The largest absolute Gasteiger partial charge is 0.434 e. The molecule has 3 rings (SSSR count). The number of benzene rings is 2. The molecule has 138 valence electrons. The molecule has 0 aliphatic heterocycles. The summed E-state index contributed by atoms with van der Waals surface area (Å²) in [6.45, 7) is -1.24. The molecule has 0 saturated carbocycles. The Morgan fingerprint density at radius 1 is 1.15 bits per heavy atom.